The summed E-state index contributed by atoms with van der Waals surface area (Å²) in [6, 6.07) is 8.21. The number of hydrogen-bond acceptors (Lipinski definition) is 6. The Morgan fingerprint density at radius 2 is 2.08 bits per heavy atom. The van der Waals surface area contributed by atoms with Crippen molar-refractivity contribution in [3.05, 3.63) is 40.3 Å². The van der Waals surface area contributed by atoms with Gasteiger partial charge in [0, 0.05) is 16.8 Å². The summed E-state index contributed by atoms with van der Waals surface area (Å²) in [6.45, 7) is 8.73. The van der Waals surface area contributed by atoms with Crippen LogP contribution in [0.4, 0.5) is 5.82 Å². The van der Waals surface area contributed by atoms with Crippen LogP contribution in [-0.4, -0.2) is 39.5 Å². The van der Waals surface area contributed by atoms with Gasteiger partial charge in [0.15, 0.2) is 11.5 Å². The van der Waals surface area contributed by atoms with Gasteiger partial charge in [-0.1, -0.05) is 26.8 Å². The number of fused-ring (bicyclic) bond motifs is 1. The van der Waals surface area contributed by atoms with Gasteiger partial charge in [0.25, 0.3) is 0 Å². The van der Waals surface area contributed by atoms with Crippen LogP contribution < -0.4 is 4.90 Å². The third kappa shape index (κ3) is 2.78. The third-order valence-electron chi connectivity index (χ3n) is 4.17. The summed E-state index contributed by atoms with van der Waals surface area (Å²) in [6.07, 6.45) is 0.110. The maximum Gasteiger partial charge on any atom is 0.178 e. The fraction of sp³-hybridized carbons (Fsp3) is 0.471. The van der Waals surface area contributed by atoms with Gasteiger partial charge in [-0.2, -0.15) is 4.52 Å². The topological polar surface area (TPSA) is 55.5 Å². The van der Waals surface area contributed by atoms with Crippen molar-refractivity contribution >= 4 is 22.8 Å². The van der Waals surface area contributed by atoms with Crippen molar-refractivity contribution in [3.8, 4) is 0 Å². The van der Waals surface area contributed by atoms with Gasteiger partial charge in [0.1, 0.15) is 11.9 Å². The lowest BCUT2D eigenvalue weighted by molar-refractivity contribution is 0.0418. The van der Waals surface area contributed by atoms with Gasteiger partial charge in [0.2, 0.25) is 0 Å². The summed E-state index contributed by atoms with van der Waals surface area (Å²) in [5.74, 6) is 1.82. The molecule has 0 aliphatic carbocycles. The van der Waals surface area contributed by atoms with Crippen LogP contribution in [0.1, 0.15) is 37.6 Å². The average Bonchev–Trinajstić information content (AvgIpc) is 3.23. The van der Waals surface area contributed by atoms with E-state index in [0.717, 1.165) is 30.4 Å². The predicted molar refractivity (Wildman–Crippen MR) is 94.7 cm³/mol. The number of nitrogens with zero attached hydrogens (tertiary/aromatic N) is 5. The number of ether oxygens (including phenoxy) is 1. The van der Waals surface area contributed by atoms with E-state index in [2.05, 4.69) is 53.4 Å². The van der Waals surface area contributed by atoms with Gasteiger partial charge < -0.3 is 9.64 Å². The molecule has 6 nitrogen and oxygen atoms in total. The molecule has 0 unspecified atom stereocenters. The van der Waals surface area contributed by atoms with Gasteiger partial charge in [-0.3, -0.25) is 0 Å². The number of hydrogen-bond donors (Lipinski definition) is 0. The highest BCUT2D eigenvalue weighted by molar-refractivity contribution is 7.10. The number of thiophene rings is 1. The first-order valence-electron chi connectivity index (χ1n) is 8.15. The maximum absolute atomic E-state index is 5.93. The van der Waals surface area contributed by atoms with Crippen molar-refractivity contribution in [1.82, 2.24) is 19.8 Å². The lowest BCUT2D eigenvalue weighted by Gasteiger charge is -2.33. The van der Waals surface area contributed by atoms with Crippen LogP contribution in [0.5, 0.6) is 0 Å². The van der Waals surface area contributed by atoms with E-state index < -0.39 is 0 Å². The van der Waals surface area contributed by atoms with Crippen molar-refractivity contribution in [3.63, 3.8) is 0 Å². The van der Waals surface area contributed by atoms with Gasteiger partial charge >= 0.3 is 0 Å². The first-order valence-corrected chi connectivity index (χ1v) is 9.03. The summed E-state index contributed by atoms with van der Waals surface area (Å²) < 4.78 is 7.80. The maximum atomic E-state index is 5.93. The van der Waals surface area contributed by atoms with Crippen molar-refractivity contribution in [2.45, 2.75) is 32.3 Å². The van der Waals surface area contributed by atoms with E-state index in [9.17, 15) is 0 Å². The molecule has 1 aliphatic rings. The van der Waals surface area contributed by atoms with Crippen LogP contribution in [0, 0.1) is 0 Å². The minimum atomic E-state index is -0.102. The molecule has 0 spiro atoms. The van der Waals surface area contributed by atoms with Gasteiger partial charge in [-0.25, -0.2) is 0 Å². The van der Waals surface area contributed by atoms with E-state index in [0.29, 0.717) is 6.61 Å². The molecule has 0 saturated carbocycles. The number of anilines is 1. The van der Waals surface area contributed by atoms with Crippen molar-refractivity contribution < 1.29 is 4.74 Å². The Labute approximate surface area is 145 Å². The Morgan fingerprint density at radius 1 is 1.21 bits per heavy atom. The quantitative estimate of drug-likeness (QED) is 0.716. The SMILES string of the molecule is CC(C)(C)c1nnc2ccc(N3CCO[C@H](c4cccs4)C3)nn12. The van der Waals surface area contributed by atoms with Crippen LogP contribution in [0.2, 0.25) is 0 Å². The monoisotopic (exact) mass is 343 g/mol. The summed E-state index contributed by atoms with van der Waals surface area (Å²) in [5.41, 5.74) is 0.682. The number of aromatic nitrogens is 4. The summed E-state index contributed by atoms with van der Waals surface area (Å²) in [4.78, 5) is 3.54. The molecule has 4 heterocycles. The van der Waals surface area contributed by atoms with E-state index in [-0.39, 0.29) is 11.5 Å². The molecule has 0 bridgehead atoms. The Hall–Kier alpha value is -1.99. The molecule has 1 atom stereocenters. The van der Waals surface area contributed by atoms with Crippen LogP contribution in [0.3, 0.4) is 0 Å². The molecular formula is C17H21N5OS. The zero-order valence-corrected chi connectivity index (χ0v) is 15.0. The molecule has 7 heteroatoms. The molecule has 0 radical (unpaired) electrons. The minimum absolute atomic E-state index is 0.102. The zero-order chi connectivity index (χ0) is 16.7. The van der Waals surface area contributed by atoms with E-state index in [1.54, 1.807) is 11.3 Å². The van der Waals surface area contributed by atoms with Crippen molar-refractivity contribution in [1.29, 1.82) is 0 Å². The van der Waals surface area contributed by atoms with Gasteiger partial charge in [-0.05, 0) is 23.6 Å². The normalized spacial score (nSPS) is 19.1. The van der Waals surface area contributed by atoms with Crippen molar-refractivity contribution in [2.75, 3.05) is 24.6 Å². The van der Waals surface area contributed by atoms with E-state index >= 15 is 0 Å². The van der Waals surface area contributed by atoms with Crippen LogP contribution >= 0.6 is 11.3 Å². The summed E-state index contributed by atoms with van der Waals surface area (Å²) >= 11 is 1.74. The first kappa shape index (κ1) is 15.5. The molecule has 3 aromatic rings. The molecule has 0 amide bonds. The molecule has 1 saturated heterocycles. The Balaban J connectivity index is 1.66. The largest absolute Gasteiger partial charge is 0.369 e. The fourth-order valence-electron chi connectivity index (χ4n) is 2.92. The van der Waals surface area contributed by atoms with E-state index in [1.165, 1.54) is 4.88 Å². The lowest BCUT2D eigenvalue weighted by Crippen LogP contribution is -2.38. The van der Waals surface area contributed by atoms with Gasteiger partial charge in [-0.15, -0.1) is 26.6 Å². The minimum Gasteiger partial charge on any atom is -0.369 e. The van der Waals surface area contributed by atoms with Crippen molar-refractivity contribution in [2.24, 2.45) is 0 Å². The standard InChI is InChI=1S/C17H21N5OS/c1-17(2,3)16-19-18-14-6-7-15(20-22(14)16)21-8-9-23-12(11-21)13-5-4-10-24-13/h4-7,10,12H,8-9,11H2,1-3H3/t12-/m0/s1. The highest BCUT2D eigenvalue weighted by Gasteiger charge is 2.26. The first-order chi connectivity index (χ1) is 11.5. The van der Waals surface area contributed by atoms with Gasteiger partial charge in [0.05, 0.1) is 13.2 Å². The Kier molecular flexibility index (Phi) is 3.77. The smallest absolute Gasteiger partial charge is 0.178 e. The van der Waals surface area contributed by atoms with Crippen LogP contribution in [0.25, 0.3) is 5.65 Å². The van der Waals surface area contributed by atoms with E-state index in [4.69, 9.17) is 9.84 Å². The molecule has 1 fully saturated rings. The molecule has 0 aromatic carbocycles. The molecular weight excluding hydrogens is 322 g/mol. The van der Waals surface area contributed by atoms with Crippen LogP contribution in [0.15, 0.2) is 29.6 Å². The lowest BCUT2D eigenvalue weighted by atomic mass is 9.96. The molecule has 4 rings (SSSR count). The number of morpholine rings is 1. The summed E-state index contributed by atoms with van der Waals surface area (Å²) in [5, 5.41) is 15.5. The van der Waals surface area contributed by atoms with Crippen LogP contribution in [-0.2, 0) is 10.2 Å². The zero-order valence-electron chi connectivity index (χ0n) is 14.1. The molecule has 126 valence electrons. The highest BCUT2D eigenvalue weighted by Crippen LogP contribution is 2.28. The number of rotatable bonds is 2. The fourth-order valence-corrected chi connectivity index (χ4v) is 3.69. The second-order valence-corrected chi connectivity index (χ2v) is 8.04. The summed E-state index contributed by atoms with van der Waals surface area (Å²) in [7, 11) is 0. The molecule has 1 aliphatic heterocycles. The Morgan fingerprint density at radius 3 is 2.83 bits per heavy atom. The second kappa shape index (κ2) is 5.82. The molecule has 24 heavy (non-hydrogen) atoms. The van der Waals surface area contributed by atoms with E-state index in [1.807, 2.05) is 16.6 Å². The molecule has 0 N–H and O–H groups in total. The average molecular weight is 343 g/mol. The Bertz CT molecular complexity index is 836. The highest BCUT2D eigenvalue weighted by atomic mass is 32.1. The third-order valence-corrected chi connectivity index (χ3v) is 5.13. The second-order valence-electron chi connectivity index (χ2n) is 7.06. The molecule has 3 aromatic heterocycles. The predicted octanol–water partition coefficient (Wildman–Crippen LogP) is 3.06.